The molecule has 0 atom stereocenters. The molecular formula is C20H22N2O4S2. The van der Waals surface area contributed by atoms with Crippen molar-refractivity contribution in [2.24, 2.45) is 4.99 Å². The molecular weight excluding hydrogens is 396 g/mol. The molecule has 0 radical (unpaired) electrons. The van der Waals surface area contributed by atoms with Crippen LogP contribution in [0.1, 0.15) is 18.9 Å². The minimum absolute atomic E-state index is 0.161. The van der Waals surface area contributed by atoms with E-state index in [0.717, 1.165) is 15.8 Å². The number of rotatable bonds is 6. The molecule has 0 aliphatic heterocycles. The number of aromatic nitrogens is 1. The Morgan fingerprint density at radius 3 is 2.54 bits per heavy atom. The lowest BCUT2D eigenvalue weighted by Crippen LogP contribution is -2.17. The summed E-state index contributed by atoms with van der Waals surface area (Å²) in [6, 6.07) is 12.2. The van der Waals surface area contributed by atoms with E-state index in [-0.39, 0.29) is 17.1 Å². The van der Waals surface area contributed by atoms with Gasteiger partial charge in [0.15, 0.2) is 14.6 Å². The predicted molar refractivity (Wildman–Crippen MR) is 110 cm³/mol. The fourth-order valence-electron chi connectivity index (χ4n) is 2.86. The van der Waals surface area contributed by atoms with Gasteiger partial charge in [-0.05, 0) is 55.8 Å². The van der Waals surface area contributed by atoms with Gasteiger partial charge in [-0.1, -0.05) is 17.4 Å². The van der Waals surface area contributed by atoms with E-state index in [0.29, 0.717) is 17.1 Å². The van der Waals surface area contributed by atoms with Gasteiger partial charge in [-0.15, -0.1) is 0 Å². The summed E-state index contributed by atoms with van der Waals surface area (Å²) in [6.45, 7) is 4.68. The number of fused-ring (bicyclic) bond motifs is 1. The number of aryl methyl sites for hydroxylation is 2. The second-order valence-corrected chi connectivity index (χ2v) is 9.47. The molecule has 0 aliphatic rings. The van der Waals surface area contributed by atoms with E-state index in [1.807, 2.05) is 30.5 Å². The number of amides is 1. The first-order chi connectivity index (χ1) is 13.3. The van der Waals surface area contributed by atoms with Gasteiger partial charge in [-0.25, -0.2) is 8.42 Å². The van der Waals surface area contributed by atoms with E-state index < -0.39 is 15.7 Å². The number of hydrogen-bond donors (Lipinski definition) is 0. The van der Waals surface area contributed by atoms with Gasteiger partial charge < -0.3 is 9.30 Å². The first-order valence-corrected chi connectivity index (χ1v) is 11.4. The van der Waals surface area contributed by atoms with Crippen LogP contribution in [0.5, 0.6) is 5.75 Å². The van der Waals surface area contributed by atoms with Crippen LogP contribution < -0.4 is 9.54 Å². The number of nitrogens with zero attached hydrogens (tertiary/aromatic N) is 2. The van der Waals surface area contributed by atoms with Gasteiger partial charge in [-0.2, -0.15) is 4.99 Å². The summed E-state index contributed by atoms with van der Waals surface area (Å²) in [5.41, 5.74) is 2.16. The zero-order valence-corrected chi connectivity index (χ0v) is 17.6. The van der Waals surface area contributed by atoms with E-state index in [4.69, 9.17) is 4.74 Å². The number of hydrogen-bond acceptors (Lipinski definition) is 5. The van der Waals surface area contributed by atoms with Crippen LogP contribution in [0.3, 0.4) is 0 Å². The van der Waals surface area contributed by atoms with Crippen LogP contribution in [0, 0.1) is 6.92 Å². The van der Waals surface area contributed by atoms with Crippen LogP contribution in [-0.2, 0) is 21.2 Å². The molecule has 148 valence electrons. The topological polar surface area (TPSA) is 77.7 Å². The second-order valence-electron chi connectivity index (χ2n) is 6.35. The smallest absolute Gasteiger partial charge is 0.249 e. The average molecular weight is 419 g/mol. The van der Waals surface area contributed by atoms with Crippen molar-refractivity contribution in [3.63, 3.8) is 0 Å². The van der Waals surface area contributed by atoms with Gasteiger partial charge >= 0.3 is 0 Å². The quantitative estimate of drug-likeness (QED) is 0.615. The lowest BCUT2D eigenvalue weighted by atomic mass is 10.2. The molecule has 0 bridgehead atoms. The van der Waals surface area contributed by atoms with Gasteiger partial charge in [0, 0.05) is 13.0 Å². The summed E-state index contributed by atoms with van der Waals surface area (Å²) in [4.78, 5) is 17.3. The molecule has 0 fully saturated rings. The average Bonchev–Trinajstić information content (AvgIpc) is 3.02. The van der Waals surface area contributed by atoms with Gasteiger partial charge in [0.2, 0.25) is 5.91 Å². The molecule has 0 N–H and O–H groups in total. The SMILES string of the molecule is CCn1c(=NC(=O)CCS(=O)(=O)c2ccc(OC)cc2)sc2cc(C)ccc21. The van der Waals surface area contributed by atoms with Crippen LogP contribution in [0.2, 0.25) is 0 Å². The highest BCUT2D eigenvalue weighted by atomic mass is 32.2. The third-order valence-corrected chi connectivity index (χ3v) is 7.15. The molecule has 0 unspecified atom stereocenters. The summed E-state index contributed by atoms with van der Waals surface area (Å²) < 4.78 is 33.0. The van der Waals surface area contributed by atoms with Gasteiger partial charge in [0.05, 0.1) is 28.0 Å². The van der Waals surface area contributed by atoms with Crippen LogP contribution in [0.25, 0.3) is 10.2 Å². The monoisotopic (exact) mass is 418 g/mol. The molecule has 3 aromatic rings. The van der Waals surface area contributed by atoms with Crippen molar-refractivity contribution in [2.45, 2.75) is 31.7 Å². The molecule has 0 saturated carbocycles. The molecule has 1 amide bonds. The predicted octanol–water partition coefficient (Wildman–Crippen LogP) is 3.33. The number of thiazole rings is 1. The molecule has 1 aromatic heterocycles. The number of carbonyl (C=O) groups is 1. The van der Waals surface area contributed by atoms with Crippen molar-refractivity contribution in [3.8, 4) is 5.75 Å². The molecule has 0 aliphatic carbocycles. The molecule has 6 nitrogen and oxygen atoms in total. The van der Waals surface area contributed by atoms with Crippen molar-refractivity contribution in [1.82, 2.24) is 4.57 Å². The number of methoxy groups -OCH3 is 1. The Kier molecular flexibility index (Phi) is 6.00. The van der Waals surface area contributed by atoms with Crippen LogP contribution in [-0.4, -0.2) is 31.8 Å². The Hall–Kier alpha value is -2.45. The Morgan fingerprint density at radius 2 is 1.89 bits per heavy atom. The molecule has 8 heteroatoms. The largest absolute Gasteiger partial charge is 0.497 e. The first-order valence-electron chi connectivity index (χ1n) is 8.88. The molecule has 28 heavy (non-hydrogen) atoms. The summed E-state index contributed by atoms with van der Waals surface area (Å²) in [7, 11) is -2.04. The number of carbonyl (C=O) groups excluding carboxylic acids is 1. The second kappa shape index (κ2) is 8.28. The Morgan fingerprint density at radius 1 is 1.18 bits per heavy atom. The minimum Gasteiger partial charge on any atom is -0.497 e. The van der Waals surface area contributed by atoms with Crippen molar-refractivity contribution in [2.75, 3.05) is 12.9 Å². The highest BCUT2D eigenvalue weighted by Crippen LogP contribution is 2.19. The Balaban J connectivity index is 1.80. The maximum atomic E-state index is 12.5. The fraction of sp³-hybridized carbons (Fsp3) is 0.300. The maximum absolute atomic E-state index is 12.5. The van der Waals surface area contributed by atoms with Crippen LogP contribution in [0.15, 0.2) is 52.4 Å². The lowest BCUT2D eigenvalue weighted by molar-refractivity contribution is -0.117. The number of benzene rings is 2. The summed E-state index contributed by atoms with van der Waals surface area (Å²) in [5, 5.41) is 0. The van der Waals surface area contributed by atoms with E-state index in [1.165, 1.54) is 30.6 Å². The first kappa shape index (κ1) is 20.3. The molecule has 2 aromatic carbocycles. The van der Waals surface area contributed by atoms with Crippen molar-refractivity contribution in [3.05, 3.63) is 52.8 Å². The minimum atomic E-state index is -3.56. The fourth-order valence-corrected chi connectivity index (χ4v) is 5.30. The summed E-state index contributed by atoms with van der Waals surface area (Å²) in [6.07, 6.45) is -0.161. The highest BCUT2D eigenvalue weighted by molar-refractivity contribution is 7.91. The molecule has 1 heterocycles. The summed E-state index contributed by atoms with van der Waals surface area (Å²) >= 11 is 1.44. The number of sulfone groups is 1. The Bertz CT molecular complexity index is 1170. The zero-order chi connectivity index (χ0) is 20.3. The van der Waals surface area contributed by atoms with Crippen LogP contribution >= 0.6 is 11.3 Å². The van der Waals surface area contributed by atoms with Crippen molar-refractivity contribution < 1.29 is 17.9 Å². The van der Waals surface area contributed by atoms with Crippen molar-refractivity contribution >= 4 is 37.3 Å². The standard InChI is InChI=1S/C20H22N2O4S2/c1-4-22-17-10-5-14(2)13-18(17)27-20(22)21-19(23)11-12-28(24,25)16-8-6-15(26-3)7-9-16/h5-10,13H,4,11-12H2,1-3H3. The van der Waals surface area contributed by atoms with E-state index in [9.17, 15) is 13.2 Å². The molecule has 0 saturated heterocycles. The number of ether oxygens (including phenoxy) is 1. The van der Waals surface area contributed by atoms with E-state index >= 15 is 0 Å². The third-order valence-electron chi connectivity index (χ3n) is 4.38. The van der Waals surface area contributed by atoms with Gasteiger partial charge in [-0.3, -0.25) is 4.79 Å². The highest BCUT2D eigenvalue weighted by Gasteiger charge is 2.17. The van der Waals surface area contributed by atoms with Crippen molar-refractivity contribution in [1.29, 1.82) is 0 Å². The molecule has 3 rings (SSSR count). The maximum Gasteiger partial charge on any atom is 0.249 e. The van der Waals surface area contributed by atoms with Crippen LogP contribution in [0.4, 0.5) is 0 Å². The van der Waals surface area contributed by atoms with Gasteiger partial charge in [0.1, 0.15) is 5.75 Å². The van der Waals surface area contributed by atoms with E-state index in [2.05, 4.69) is 11.1 Å². The molecule has 0 spiro atoms. The van der Waals surface area contributed by atoms with E-state index in [1.54, 1.807) is 12.1 Å². The van der Waals surface area contributed by atoms with Gasteiger partial charge in [0.25, 0.3) is 0 Å². The lowest BCUT2D eigenvalue weighted by Gasteiger charge is -2.04. The third kappa shape index (κ3) is 4.34. The normalized spacial score (nSPS) is 12.5. The zero-order valence-electron chi connectivity index (χ0n) is 16.0. The summed E-state index contributed by atoms with van der Waals surface area (Å²) in [5.74, 6) is -0.144. The Labute approximate surface area is 168 Å².